The second-order valence-corrected chi connectivity index (χ2v) is 5.79. The lowest BCUT2D eigenvalue weighted by atomic mass is 10.1. The van der Waals surface area contributed by atoms with E-state index in [1.165, 1.54) is 12.1 Å². The molecule has 2 aromatic carbocycles. The van der Waals surface area contributed by atoms with Gasteiger partial charge in [-0.25, -0.2) is 0 Å². The Morgan fingerprint density at radius 2 is 1.40 bits per heavy atom. The predicted molar refractivity (Wildman–Crippen MR) is 96.8 cm³/mol. The summed E-state index contributed by atoms with van der Waals surface area (Å²) in [5, 5.41) is 2.16. The van der Waals surface area contributed by atoms with Crippen molar-refractivity contribution in [2.24, 2.45) is 0 Å². The zero-order chi connectivity index (χ0) is 22.1. The molecule has 0 radical (unpaired) electrons. The van der Waals surface area contributed by atoms with Gasteiger partial charge in [-0.1, -0.05) is 18.2 Å². The molecule has 158 valence electrons. The van der Waals surface area contributed by atoms with Crippen molar-refractivity contribution in [2.75, 3.05) is 13.2 Å². The molecule has 2 aromatic rings. The fourth-order valence-corrected chi connectivity index (χ4v) is 2.09. The number of hydrogen-bond acceptors (Lipinski definition) is 5. The van der Waals surface area contributed by atoms with E-state index in [0.717, 1.165) is 24.3 Å². The standard InChI is InChI=1S/C19H16F3N3O5/c20-19(21,22)14-8-6-13(7-9-14)17(28)23-10-16(27)30-11-15(26)24-25-18(29)12-4-2-1-3-5-12/h1-9H,10-11H2,(H,23,28)(H,24,26)(H,25,29). The predicted octanol–water partition coefficient (Wildman–Crippen LogP) is 1.44. The van der Waals surface area contributed by atoms with Gasteiger partial charge in [0.25, 0.3) is 17.7 Å². The van der Waals surface area contributed by atoms with Crippen LogP contribution in [-0.2, 0) is 20.5 Å². The summed E-state index contributed by atoms with van der Waals surface area (Å²) >= 11 is 0. The second kappa shape index (κ2) is 10.0. The van der Waals surface area contributed by atoms with Gasteiger partial charge in [0.1, 0.15) is 6.54 Å². The average Bonchev–Trinajstić information content (AvgIpc) is 2.74. The number of carbonyl (C=O) groups excluding carboxylic acids is 4. The Bertz CT molecular complexity index is 915. The first-order chi connectivity index (χ1) is 14.2. The Hall–Kier alpha value is -3.89. The third-order valence-electron chi connectivity index (χ3n) is 3.58. The van der Waals surface area contributed by atoms with Gasteiger partial charge < -0.3 is 10.1 Å². The number of benzene rings is 2. The quantitative estimate of drug-likeness (QED) is 0.481. The monoisotopic (exact) mass is 423 g/mol. The van der Waals surface area contributed by atoms with Gasteiger partial charge in [-0.2, -0.15) is 13.2 Å². The topological polar surface area (TPSA) is 114 Å². The van der Waals surface area contributed by atoms with E-state index in [0.29, 0.717) is 5.56 Å². The summed E-state index contributed by atoms with van der Waals surface area (Å²) in [5.41, 5.74) is 3.49. The van der Waals surface area contributed by atoms with Crippen molar-refractivity contribution in [3.05, 3.63) is 71.3 Å². The normalized spacial score (nSPS) is 10.6. The number of hydrazine groups is 1. The van der Waals surface area contributed by atoms with Crippen molar-refractivity contribution < 1.29 is 37.1 Å². The Labute approximate surface area is 168 Å². The molecule has 0 saturated heterocycles. The van der Waals surface area contributed by atoms with Crippen LogP contribution in [0.5, 0.6) is 0 Å². The molecule has 0 aliphatic heterocycles. The van der Waals surface area contributed by atoms with E-state index in [-0.39, 0.29) is 5.56 Å². The summed E-state index contributed by atoms with van der Waals surface area (Å²) < 4.78 is 42.1. The molecule has 3 N–H and O–H groups in total. The van der Waals surface area contributed by atoms with Gasteiger partial charge in [-0.05, 0) is 36.4 Å². The maximum atomic E-state index is 12.5. The van der Waals surface area contributed by atoms with Crippen molar-refractivity contribution in [1.82, 2.24) is 16.2 Å². The Balaban J connectivity index is 1.69. The minimum Gasteiger partial charge on any atom is -0.454 e. The molecule has 0 heterocycles. The molecule has 0 bridgehead atoms. The van der Waals surface area contributed by atoms with Gasteiger partial charge >= 0.3 is 12.1 Å². The van der Waals surface area contributed by atoms with E-state index in [9.17, 15) is 32.3 Å². The minimum atomic E-state index is -4.53. The van der Waals surface area contributed by atoms with Crippen molar-refractivity contribution >= 4 is 23.7 Å². The largest absolute Gasteiger partial charge is 0.454 e. The van der Waals surface area contributed by atoms with Gasteiger partial charge in [0.15, 0.2) is 6.61 Å². The highest BCUT2D eigenvalue weighted by Gasteiger charge is 2.30. The maximum absolute atomic E-state index is 12.5. The lowest BCUT2D eigenvalue weighted by Crippen LogP contribution is -2.44. The molecular weight excluding hydrogens is 407 g/mol. The van der Waals surface area contributed by atoms with Gasteiger partial charge in [-0.15, -0.1) is 0 Å². The number of halogens is 3. The fourth-order valence-electron chi connectivity index (χ4n) is 2.09. The van der Waals surface area contributed by atoms with Gasteiger partial charge in [0.2, 0.25) is 0 Å². The number of rotatable bonds is 6. The van der Waals surface area contributed by atoms with E-state index < -0.39 is 48.6 Å². The Morgan fingerprint density at radius 1 is 0.800 bits per heavy atom. The summed E-state index contributed by atoms with van der Waals surface area (Å²) in [6.45, 7) is -1.33. The molecule has 0 fully saturated rings. The van der Waals surface area contributed by atoms with Crippen LogP contribution in [0.25, 0.3) is 0 Å². The van der Waals surface area contributed by atoms with Crippen LogP contribution >= 0.6 is 0 Å². The van der Waals surface area contributed by atoms with Crippen LogP contribution in [0.2, 0.25) is 0 Å². The third kappa shape index (κ3) is 6.93. The fraction of sp³-hybridized carbons (Fsp3) is 0.158. The molecule has 11 heteroatoms. The van der Waals surface area contributed by atoms with E-state index in [1.807, 2.05) is 5.43 Å². The van der Waals surface area contributed by atoms with Crippen molar-refractivity contribution in [1.29, 1.82) is 0 Å². The van der Waals surface area contributed by atoms with Crippen LogP contribution in [0, 0.1) is 0 Å². The number of hydrogen-bond donors (Lipinski definition) is 3. The molecule has 3 amide bonds. The van der Waals surface area contributed by atoms with E-state index >= 15 is 0 Å². The first kappa shape index (κ1) is 22.4. The number of esters is 1. The van der Waals surface area contributed by atoms with Crippen LogP contribution in [0.15, 0.2) is 54.6 Å². The molecule has 0 spiro atoms. The summed E-state index contributed by atoms with van der Waals surface area (Å²) in [4.78, 5) is 46.7. The zero-order valence-corrected chi connectivity index (χ0v) is 15.3. The highest BCUT2D eigenvalue weighted by atomic mass is 19.4. The molecule has 30 heavy (non-hydrogen) atoms. The summed E-state index contributed by atoms with van der Waals surface area (Å²) in [6.07, 6.45) is -4.53. The van der Waals surface area contributed by atoms with Crippen molar-refractivity contribution in [3.63, 3.8) is 0 Å². The van der Waals surface area contributed by atoms with Gasteiger partial charge in [0.05, 0.1) is 5.56 Å². The first-order valence-electron chi connectivity index (χ1n) is 8.42. The maximum Gasteiger partial charge on any atom is 0.416 e. The van der Waals surface area contributed by atoms with Crippen LogP contribution in [0.4, 0.5) is 13.2 Å². The smallest absolute Gasteiger partial charge is 0.416 e. The minimum absolute atomic E-state index is 0.0860. The number of carbonyl (C=O) groups is 4. The van der Waals surface area contributed by atoms with E-state index in [2.05, 4.69) is 15.5 Å². The highest BCUT2D eigenvalue weighted by molar-refractivity contribution is 5.96. The molecule has 8 nitrogen and oxygen atoms in total. The molecule has 0 aliphatic rings. The van der Waals surface area contributed by atoms with Crippen LogP contribution in [-0.4, -0.2) is 36.8 Å². The molecular formula is C19H16F3N3O5. The summed E-state index contributed by atoms with van der Waals surface area (Å²) in [6, 6.07) is 11.4. The zero-order valence-electron chi connectivity index (χ0n) is 15.3. The molecule has 0 saturated carbocycles. The van der Waals surface area contributed by atoms with E-state index in [1.54, 1.807) is 18.2 Å². The van der Waals surface area contributed by atoms with Crippen molar-refractivity contribution in [3.8, 4) is 0 Å². The summed E-state index contributed by atoms with van der Waals surface area (Å²) in [5.74, 6) is -3.14. The molecule has 0 unspecified atom stereocenters. The number of nitrogens with one attached hydrogen (secondary N) is 3. The lowest BCUT2D eigenvalue weighted by molar-refractivity contribution is -0.147. The molecule has 0 aliphatic carbocycles. The highest BCUT2D eigenvalue weighted by Crippen LogP contribution is 2.29. The Morgan fingerprint density at radius 3 is 2.00 bits per heavy atom. The van der Waals surface area contributed by atoms with E-state index in [4.69, 9.17) is 0 Å². The van der Waals surface area contributed by atoms with Crippen LogP contribution in [0.3, 0.4) is 0 Å². The third-order valence-corrected chi connectivity index (χ3v) is 3.58. The van der Waals surface area contributed by atoms with Gasteiger partial charge in [0, 0.05) is 11.1 Å². The molecule has 0 aromatic heterocycles. The molecule has 2 rings (SSSR count). The number of ether oxygens (including phenoxy) is 1. The molecule has 0 atom stereocenters. The number of amides is 3. The lowest BCUT2D eigenvalue weighted by Gasteiger charge is -2.09. The van der Waals surface area contributed by atoms with Crippen molar-refractivity contribution in [2.45, 2.75) is 6.18 Å². The Kier molecular flexibility index (Phi) is 7.50. The number of alkyl halides is 3. The second-order valence-electron chi connectivity index (χ2n) is 5.79. The summed E-state index contributed by atoms with van der Waals surface area (Å²) in [7, 11) is 0. The van der Waals surface area contributed by atoms with Crippen LogP contribution < -0.4 is 16.2 Å². The first-order valence-corrected chi connectivity index (χ1v) is 8.42. The van der Waals surface area contributed by atoms with Gasteiger partial charge in [-0.3, -0.25) is 30.0 Å². The SMILES string of the molecule is O=C(COC(=O)CNC(=O)c1ccc(C(F)(F)F)cc1)NNC(=O)c1ccccc1. The average molecular weight is 423 g/mol. The van der Waals surface area contributed by atoms with Crippen LogP contribution in [0.1, 0.15) is 26.3 Å².